The molecule has 0 fully saturated rings. The van der Waals surface area contributed by atoms with Gasteiger partial charge in [0.25, 0.3) is 5.56 Å². The van der Waals surface area contributed by atoms with E-state index in [4.69, 9.17) is 0 Å². The molecule has 0 aliphatic rings. The minimum Gasteiger partial charge on any atom is -0.301 e. The summed E-state index contributed by atoms with van der Waals surface area (Å²) in [6.45, 7) is 5.83. The van der Waals surface area contributed by atoms with Crippen LogP contribution in [-0.2, 0) is 17.6 Å². The van der Waals surface area contributed by atoms with Gasteiger partial charge in [0, 0.05) is 11.8 Å². The Bertz CT molecular complexity index is 728. The second kappa shape index (κ2) is 8.21. The van der Waals surface area contributed by atoms with Crippen molar-refractivity contribution in [3.05, 3.63) is 27.1 Å². The van der Waals surface area contributed by atoms with E-state index in [2.05, 4.69) is 25.5 Å². The summed E-state index contributed by atoms with van der Waals surface area (Å²) in [5, 5.41) is 12.2. The lowest BCUT2D eigenvalue weighted by Crippen LogP contribution is -2.25. The van der Waals surface area contributed by atoms with Gasteiger partial charge >= 0.3 is 0 Å². The quantitative estimate of drug-likeness (QED) is 0.585. The molecule has 0 spiro atoms. The fourth-order valence-corrected chi connectivity index (χ4v) is 3.42. The highest BCUT2D eigenvalue weighted by Crippen LogP contribution is 2.24. The molecule has 1 amide bonds. The van der Waals surface area contributed by atoms with E-state index < -0.39 is 0 Å². The Morgan fingerprint density at radius 1 is 1.35 bits per heavy atom. The Morgan fingerprint density at radius 3 is 2.74 bits per heavy atom. The van der Waals surface area contributed by atoms with Crippen LogP contribution in [0.15, 0.2) is 16.0 Å². The zero-order valence-corrected chi connectivity index (χ0v) is 14.9. The van der Waals surface area contributed by atoms with Gasteiger partial charge in [0.1, 0.15) is 5.01 Å². The second-order valence-corrected chi connectivity index (χ2v) is 7.01. The fraction of sp³-hybridized carbons (Fsp3) is 0.500. The molecule has 0 radical (unpaired) electrons. The zero-order valence-electron chi connectivity index (χ0n) is 13.3. The Hall–Kier alpha value is -1.74. The number of carbonyl (C=O) groups is 1. The van der Waals surface area contributed by atoms with Crippen LogP contribution in [0, 0.1) is 0 Å². The first kappa shape index (κ1) is 17.6. The molecule has 1 atom stereocenters. The number of rotatable bonds is 7. The van der Waals surface area contributed by atoms with Gasteiger partial charge in [-0.15, -0.1) is 10.2 Å². The highest BCUT2D eigenvalue weighted by molar-refractivity contribution is 8.00. The van der Waals surface area contributed by atoms with Crippen LogP contribution in [-0.4, -0.2) is 31.3 Å². The maximum Gasteiger partial charge on any atom is 0.251 e. The number of nitrogens with one attached hydrogen (secondary N) is 2. The van der Waals surface area contributed by atoms with E-state index in [1.807, 2.05) is 20.8 Å². The summed E-state index contributed by atoms with van der Waals surface area (Å²) in [6.07, 6.45) is 2.06. The SMILES string of the molecule is CCc1cc(=O)[nH]c(SC(CC)C(=O)Nc2nnc(CC)s2)n1. The van der Waals surface area contributed by atoms with Crippen molar-refractivity contribution in [1.82, 2.24) is 20.2 Å². The smallest absolute Gasteiger partial charge is 0.251 e. The molecule has 2 heterocycles. The Balaban J connectivity index is 2.08. The van der Waals surface area contributed by atoms with Gasteiger partial charge in [-0.05, 0) is 19.3 Å². The predicted octanol–water partition coefficient (Wildman–Crippen LogP) is 2.26. The van der Waals surface area contributed by atoms with Crippen molar-refractivity contribution in [2.24, 2.45) is 0 Å². The third-order valence-electron chi connectivity index (χ3n) is 3.05. The Morgan fingerprint density at radius 2 is 2.13 bits per heavy atom. The third-order valence-corrected chi connectivity index (χ3v) is 5.28. The molecule has 124 valence electrons. The summed E-state index contributed by atoms with van der Waals surface area (Å²) in [6, 6.07) is 1.47. The van der Waals surface area contributed by atoms with Gasteiger partial charge in [-0.1, -0.05) is 43.9 Å². The summed E-state index contributed by atoms with van der Waals surface area (Å²) < 4.78 is 0. The van der Waals surface area contributed by atoms with Crippen LogP contribution in [0.3, 0.4) is 0 Å². The van der Waals surface area contributed by atoms with Gasteiger partial charge in [0.2, 0.25) is 11.0 Å². The largest absolute Gasteiger partial charge is 0.301 e. The molecule has 7 nitrogen and oxygen atoms in total. The molecule has 0 aliphatic carbocycles. The molecule has 0 bridgehead atoms. The molecular weight excluding hydrogens is 334 g/mol. The number of anilines is 1. The molecule has 23 heavy (non-hydrogen) atoms. The number of H-pyrrole nitrogens is 1. The normalized spacial score (nSPS) is 12.1. The first-order valence-electron chi connectivity index (χ1n) is 7.45. The molecule has 0 saturated carbocycles. The number of aromatic amines is 1. The summed E-state index contributed by atoms with van der Waals surface area (Å²) in [5.74, 6) is -0.166. The maximum absolute atomic E-state index is 12.4. The summed E-state index contributed by atoms with van der Waals surface area (Å²) in [4.78, 5) is 31.0. The number of thioether (sulfide) groups is 1. The number of aromatic nitrogens is 4. The molecule has 0 aromatic carbocycles. The van der Waals surface area contributed by atoms with E-state index in [9.17, 15) is 9.59 Å². The van der Waals surface area contributed by atoms with E-state index in [1.165, 1.54) is 29.2 Å². The molecule has 2 aromatic heterocycles. The number of carbonyl (C=O) groups excluding carboxylic acids is 1. The van der Waals surface area contributed by atoms with Gasteiger partial charge in [0.05, 0.1) is 5.25 Å². The van der Waals surface area contributed by atoms with Crippen LogP contribution in [0.2, 0.25) is 0 Å². The maximum atomic E-state index is 12.4. The van der Waals surface area contributed by atoms with E-state index >= 15 is 0 Å². The third kappa shape index (κ3) is 4.87. The van der Waals surface area contributed by atoms with Gasteiger partial charge in [-0.25, -0.2) is 4.98 Å². The number of hydrogen-bond donors (Lipinski definition) is 2. The van der Waals surface area contributed by atoms with Gasteiger partial charge < -0.3 is 4.98 Å². The van der Waals surface area contributed by atoms with E-state index in [0.29, 0.717) is 28.8 Å². The lowest BCUT2D eigenvalue weighted by Gasteiger charge is -2.12. The molecule has 0 aliphatic heterocycles. The lowest BCUT2D eigenvalue weighted by atomic mass is 10.3. The first-order chi connectivity index (χ1) is 11.0. The number of nitrogens with zero attached hydrogens (tertiary/aromatic N) is 3. The second-order valence-electron chi connectivity index (χ2n) is 4.75. The molecule has 2 N–H and O–H groups in total. The van der Waals surface area contributed by atoms with Crippen LogP contribution < -0.4 is 10.9 Å². The van der Waals surface area contributed by atoms with Gasteiger partial charge in [0.15, 0.2) is 5.16 Å². The Kier molecular flexibility index (Phi) is 6.28. The van der Waals surface area contributed by atoms with Crippen molar-refractivity contribution in [3.63, 3.8) is 0 Å². The highest BCUT2D eigenvalue weighted by atomic mass is 32.2. The van der Waals surface area contributed by atoms with Crippen LogP contribution in [0.1, 0.15) is 37.9 Å². The summed E-state index contributed by atoms with van der Waals surface area (Å²) in [7, 11) is 0. The summed E-state index contributed by atoms with van der Waals surface area (Å²) in [5.41, 5.74) is 0.509. The van der Waals surface area contributed by atoms with Crippen LogP contribution >= 0.6 is 23.1 Å². The minimum atomic E-state index is -0.362. The highest BCUT2D eigenvalue weighted by Gasteiger charge is 2.21. The average molecular weight is 353 g/mol. The molecule has 1 unspecified atom stereocenters. The van der Waals surface area contributed by atoms with Crippen LogP contribution in [0.5, 0.6) is 0 Å². The number of aryl methyl sites for hydroxylation is 2. The predicted molar refractivity (Wildman–Crippen MR) is 92.1 cm³/mol. The van der Waals surface area contributed by atoms with Crippen molar-refractivity contribution in [2.75, 3.05) is 5.32 Å². The average Bonchev–Trinajstić information content (AvgIpc) is 2.99. The van der Waals surface area contributed by atoms with Crippen molar-refractivity contribution in [3.8, 4) is 0 Å². The standard InChI is InChI=1S/C14H19N5O2S2/c1-4-8-7-10(20)16-13(15-8)22-9(5-2)12(21)17-14-19-18-11(6-3)23-14/h7,9H,4-6H2,1-3H3,(H,15,16,20)(H,17,19,21). The number of hydrogen-bond acceptors (Lipinski definition) is 7. The lowest BCUT2D eigenvalue weighted by molar-refractivity contribution is -0.115. The topological polar surface area (TPSA) is 101 Å². The van der Waals surface area contributed by atoms with Crippen molar-refractivity contribution in [2.45, 2.75) is 50.4 Å². The molecular formula is C14H19N5O2S2. The van der Waals surface area contributed by atoms with E-state index in [0.717, 1.165) is 11.4 Å². The Labute approximate surface area is 142 Å². The molecule has 9 heteroatoms. The molecule has 2 aromatic rings. The molecule has 2 rings (SSSR count). The van der Waals surface area contributed by atoms with Gasteiger partial charge in [-0.2, -0.15) is 0 Å². The van der Waals surface area contributed by atoms with Crippen molar-refractivity contribution >= 4 is 34.1 Å². The number of amides is 1. The van der Waals surface area contributed by atoms with Crippen molar-refractivity contribution < 1.29 is 4.79 Å². The zero-order chi connectivity index (χ0) is 16.8. The van der Waals surface area contributed by atoms with Crippen LogP contribution in [0.4, 0.5) is 5.13 Å². The van der Waals surface area contributed by atoms with Crippen LogP contribution in [0.25, 0.3) is 0 Å². The fourth-order valence-electron chi connectivity index (χ4n) is 1.81. The molecule has 0 saturated heterocycles. The van der Waals surface area contributed by atoms with Gasteiger partial charge in [-0.3, -0.25) is 14.9 Å². The first-order valence-corrected chi connectivity index (χ1v) is 9.15. The summed E-state index contributed by atoms with van der Waals surface area (Å²) >= 11 is 2.62. The van der Waals surface area contributed by atoms with E-state index in [-0.39, 0.29) is 16.7 Å². The monoisotopic (exact) mass is 353 g/mol. The van der Waals surface area contributed by atoms with Crippen molar-refractivity contribution in [1.29, 1.82) is 0 Å². The minimum absolute atomic E-state index is 0.166. The van der Waals surface area contributed by atoms with E-state index in [1.54, 1.807) is 0 Å².